The van der Waals surface area contributed by atoms with Crippen LogP contribution >= 0.6 is 0 Å². The number of amides is 1. The standard InChI is InChI=1S/C25H31N3O8/c1-5-36-28(4)10-11-6-7-15(29)17-13(11)8-12-9-14-19(27(2)3)21(31)18(24(26)34)23(33)25(14,35)22(32)16(12)20(17)30/h6-7,12,14,19,29,31-32,35H,5,8-10H2,1-4H3,(H2,26,34)/t12-,14-,19-,25-/m0/s1. The van der Waals surface area contributed by atoms with Crippen molar-refractivity contribution >= 4 is 17.5 Å². The molecular formula is C25H31N3O8. The van der Waals surface area contributed by atoms with Gasteiger partial charge < -0.3 is 26.2 Å². The van der Waals surface area contributed by atoms with Crippen LogP contribution in [0.2, 0.25) is 0 Å². The second-order valence-electron chi connectivity index (χ2n) is 9.76. The lowest BCUT2D eigenvalue weighted by Crippen LogP contribution is -2.63. The highest BCUT2D eigenvalue weighted by Gasteiger charge is 2.63. The van der Waals surface area contributed by atoms with E-state index in [1.807, 2.05) is 6.92 Å². The van der Waals surface area contributed by atoms with Crippen LogP contribution in [0.4, 0.5) is 0 Å². The zero-order valence-corrected chi connectivity index (χ0v) is 20.6. The second-order valence-corrected chi connectivity index (χ2v) is 9.76. The van der Waals surface area contributed by atoms with Gasteiger partial charge in [-0.25, -0.2) is 0 Å². The van der Waals surface area contributed by atoms with E-state index in [1.165, 1.54) is 11.0 Å². The molecule has 194 valence electrons. The third-order valence-electron chi connectivity index (χ3n) is 7.45. The number of likely N-dealkylation sites (N-methyl/N-ethyl adjacent to an activating group) is 1. The number of carbonyl (C=O) groups is 3. The fourth-order valence-electron chi connectivity index (χ4n) is 5.97. The number of phenols is 1. The highest BCUT2D eigenvalue weighted by molar-refractivity contribution is 6.24. The molecule has 11 heteroatoms. The summed E-state index contributed by atoms with van der Waals surface area (Å²) in [5.74, 6) is -6.66. The number of fused-ring (bicyclic) bond motifs is 3. The van der Waals surface area contributed by atoms with Crippen LogP contribution < -0.4 is 5.73 Å². The first-order valence-electron chi connectivity index (χ1n) is 11.7. The molecule has 1 amide bonds. The van der Waals surface area contributed by atoms with Crippen LogP contribution in [0.25, 0.3) is 0 Å². The number of phenolic OH excluding ortho intramolecular Hbond substituents is 1. The van der Waals surface area contributed by atoms with Gasteiger partial charge in [-0.05, 0) is 57.0 Å². The van der Waals surface area contributed by atoms with Gasteiger partial charge in [0.05, 0.1) is 18.2 Å². The molecule has 3 aliphatic carbocycles. The van der Waals surface area contributed by atoms with Crippen LogP contribution in [-0.2, 0) is 27.4 Å². The van der Waals surface area contributed by atoms with Gasteiger partial charge in [0.25, 0.3) is 5.91 Å². The first-order chi connectivity index (χ1) is 16.9. The average Bonchev–Trinajstić information content (AvgIpc) is 2.78. The third kappa shape index (κ3) is 3.62. The van der Waals surface area contributed by atoms with E-state index in [1.54, 1.807) is 32.3 Å². The Morgan fingerprint density at radius 2 is 1.86 bits per heavy atom. The minimum Gasteiger partial charge on any atom is -0.510 e. The number of allylic oxidation sites excluding steroid dienone is 1. The summed E-state index contributed by atoms with van der Waals surface area (Å²) >= 11 is 0. The number of hydrogen-bond acceptors (Lipinski definition) is 10. The maximum Gasteiger partial charge on any atom is 0.255 e. The molecule has 0 bridgehead atoms. The van der Waals surface area contributed by atoms with Gasteiger partial charge >= 0.3 is 0 Å². The van der Waals surface area contributed by atoms with Crippen molar-refractivity contribution in [2.24, 2.45) is 17.6 Å². The number of ketones is 2. The van der Waals surface area contributed by atoms with E-state index in [4.69, 9.17) is 10.6 Å². The van der Waals surface area contributed by atoms with E-state index < -0.39 is 58.0 Å². The molecule has 0 saturated heterocycles. The Balaban J connectivity index is 1.89. The van der Waals surface area contributed by atoms with E-state index >= 15 is 0 Å². The normalized spacial score (nSPS) is 27.9. The predicted molar refractivity (Wildman–Crippen MR) is 127 cm³/mol. The average molecular weight is 502 g/mol. The van der Waals surface area contributed by atoms with Gasteiger partial charge in [0, 0.05) is 25.1 Å². The van der Waals surface area contributed by atoms with Gasteiger partial charge in [0.15, 0.2) is 11.4 Å². The van der Waals surface area contributed by atoms with E-state index in [-0.39, 0.29) is 29.7 Å². The molecule has 1 aromatic carbocycles. The van der Waals surface area contributed by atoms with Crippen molar-refractivity contribution in [3.05, 3.63) is 51.5 Å². The molecule has 4 rings (SSSR count). The Labute approximate surface area is 208 Å². The Hall–Kier alpha value is -3.25. The maximum atomic E-state index is 13.7. The van der Waals surface area contributed by atoms with Crippen molar-refractivity contribution in [2.45, 2.75) is 38.0 Å². The zero-order chi connectivity index (χ0) is 26.7. The summed E-state index contributed by atoms with van der Waals surface area (Å²) in [4.78, 5) is 46.0. The van der Waals surface area contributed by atoms with Gasteiger partial charge in [-0.2, -0.15) is 5.06 Å². The number of Topliss-reactive ketones (excluding diaryl/α,β-unsaturated/α-hetero) is 2. The number of hydroxylamine groups is 2. The fraction of sp³-hybridized carbons (Fsp3) is 0.480. The minimum absolute atomic E-state index is 0.0156. The Kier molecular flexibility index (Phi) is 6.46. The molecule has 0 spiro atoms. The largest absolute Gasteiger partial charge is 0.510 e. The summed E-state index contributed by atoms with van der Waals surface area (Å²) < 4.78 is 0. The zero-order valence-electron chi connectivity index (χ0n) is 20.6. The molecule has 1 aromatic rings. The quantitative estimate of drug-likeness (QED) is 0.273. The lowest BCUT2D eigenvalue weighted by atomic mass is 9.58. The van der Waals surface area contributed by atoms with Crippen LogP contribution in [-0.4, -0.2) is 87.3 Å². The molecule has 6 N–H and O–H groups in total. The van der Waals surface area contributed by atoms with Gasteiger partial charge in [-0.3, -0.25) is 24.1 Å². The smallest absolute Gasteiger partial charge is 0.255 e. The number of aliphatic hydroxyl groups is 3. The number of primary amides is 1. The molecule has 0 saturated carbocycles. The number of aliphatic hydroxyl groups excluding tert-OH is 2. The number of aromatic hydroxyl groups is 1. The fourth-order valence-corrected chi connectivity index (χ4v) is 5.97. The first kappa shape index (κ1) is 25.8. The topological polar surface area (TPSA) is 174 Å². The summed E-state index contributed by atoms with van der Waals surface area (Å²) in [6, 6.07) is 2.05. The Bertz CT molecular complexity index is 1220. The molecule has 0 aliphatic heterocycles. The van der Waals surface area contributed by atoms with Crippen molar-refractivity contribution in [1.29, 1.82) is 0 Å². The summed E-state index contributed by atoms with van der Waals surface area (Å²) in [5, 5.41) is 45.9. The number of rotatable bonds is 6. The summed E-state index contributed by atoms with van der Waals surface area (Å²) in [6.45, 7) is 2.62. The predicted octanol–water partition coefficient (Wildman–Crippen LogP) is 0.504. The van der Waals surface area contributed by atoms with E-state index in [9.17, 15) is 34.8 Å². The van der Waals surface area contributed by atoms with Crippen molar-refractivity contribution in [3.8, 4) is 5.75 Å². The summed E-state index contributed by atoms with van der Waals surface area (Å²) in [5.41, 5.74) is 3.00. The van der Waals surface area contributed by atoms with E-state index in [0.717, 1.165) is 5.56 Å². The number of benzene rings is 1. The van der Waals surface area contributed by atoms with Gasteiger partial charge in [-0.15, -0.1) is 0 Å². The van der Waals surface area contributed by atoms with Crippen LogP contribution in [0.5, 0.6) is 5.75 Å². The number of nitrogens with zero attached hydrogens (tertiary/aromatic N) is 2. The molecule has 0 radical (unpaired) electrons. The minimum atomic E-state index is -2.65. The van der Waals surface area contributed by atoms with E-state index in [2.05, 4.69) is 0 Å². The SMILES string of the molecule is CCON(C)Cc1ccc(O)c2c1C[C@H]1C[C@H]3[C@H](N(C)C)C(O)=C(C(N)=O)C(=O)[C@@]3(O)C(O)=C1C2=O. The highest BCUT2D eigenvalue weighted by Crippen LogP contribution is 2.52. The number of nitrogens with two attached hydrogens (primary N) is 1. The summed E-state index contributed by atoms with van der Waals surface area (Å²) in [6.07, 6.45) is 0.278. The van der Waals surface area contributed by atoms with Crippen LogP contribution in [0.3, 0.4) is 0 Å². The van der Waals surface area contributed by atoms with Crippen LogP contribution in [0.1, 0.15) is 34.8 Å². The summed E-state index contributed by atoms with van der Waals surface area (Å²) in [7, 11) is 4.92. The van der Waals surface area contributed by atoms with Gasteiger partial charge in [-0.1, -0.05) is 6.07 Å². The molecule has 36 heavy (non-hydrogen) atoms. The van der Waals surface area contributed by atoms with Crippen molar-refractivity contribution in [2.75, 3.05) is 27.7 Å². The lowest BCUT2D eigenvalue weighted by molar-refractivity contribution is -0.148. The monoisotopic (exact) mass is 501 g/mol. The number of hydrogen-bond donors (Lipinski definition) is 5. The maximum absolute atomic E-state index is 13.7. The first-order valence-corrected chi connectivity index (χ1v) is 11.7. The molecular weight excluding hydrogens is 470 g/mol. The van der Waals surface area contributed by atoms with Crippen molar-refractivity contribution in [3.63, 3.8) is 0 Å². The molecule has 0 unspecified atom stereocenters. The number of carbonyl (C=O) groups excluding carboxylic acids is 3. The third-order valence-corrected chi connectivity index (χ3v) is 7.45. The van der Waals surface area contributed by atoms with E-state index in [0.29, 0.717) is 18.7 Å². The molecule has 11 nitrogen and oxygen atoms in total. The van der Waals surface area contributed by atoms with Gasteiger partial charge in [0.2, 0.25) is 5.78 Å². The molecule has 0 heterocycles. The van der Waals surface area contributed by atoms with Crippen molar-refractivity contribution in [1.82, 2.24) is 9.96 Å². The van der Waals surface area contributed by atoms with Gasteiger partial charge in [0.1, 0.15) is 22.8 Å². The molecule has 0 aromatic heterocycles. The molecule has 3 aliphatic rings. The second kappa shape index (κ2) is 9.00. The molecule has 4 atom stereocenters. The Morgan fingerprint density at radius 3 is 2.44 bits per heavy atom. The molecule has 0 fully saturated rings. The van der Waals surface area contributed by atoms with Crippen LogP contribution in [0.15, 0.2) is 34.8 Å². The van der Waals surface area contributed by atoms with Crippen molar-refractivity contribution < 1.29 is 39.6 Å². The Morgan fingerprint density at radius 1 is 1.19 bits per heavy atom. The highest BCUT2D eigenvalue weighted by atomic mass is 16.7. The lowest BCUT2D eigenvalue weighted by Gasteiger charge is -2.50. The van der Waals surface area contributed by atoms with Crippen LogP contribution in [0, 0.1) is 11.8 Å².